The molecule has 0 radical (unpaired) electrons. The summed E-state index contributed by atoms with van der Waals surface area (Å²) in [4.78, 5) is 13.7. The van der Waals surface area contributed by atoms with Gasteiger partial charge in [0.05, 0.1) is 5.92 Å². The third kappa shape index (κ3) is 2.91. The van der Waals surface area contributed by atoms with Crippen LogP contribution in [0.1, 0.15) is 42.0 Å². The maximum absolute atomic E-state index is 11.2. The highest BCUT2D eigenvalue weighted by Crippen LogP contribution is 2.38. The van der Waals surface area contributed by atoms with E-state index < -0.39 is 11.9 Å². The Kier molecular flexibility index (Phi) is 4.25. The Balaban J connectivity index is 1.97. The minimum atomic E-state index is -0.772. The van der Waals surface area contributed by atoms with Crippen molar-refractivity contribution in [1.82, 2.24) is 0 Å². The van der Waals surface area contributed by atoms with Crippen LogP contribution >= 0.6 is 11.8 Å². The zero-order chi connectivity index (χ0) is 15.7. The Morgan fingerprint density at radius 3 is 2.64 bits per heavy atom. The third-order valence-corrected chi connectivity index (χ3v) is 5.60. The molecule has 0 aliphatic carbocycles. The SMILES string of the molecule is CCc1ccc2c(c1)CCc1ccc(C(C)C(=O)O)cc1S2. The highest BCUT2D eigenvalue weighted by molar-refractivity contribution is 7.99. The van der Waals surface area contributed by atoms with Gasteiger partial charge in [0, 0.05) is 9.79 Å². The summed E-state index contributed by atoms with van der Waals surface area (Å²) >= 11 is 1.77. The molecule has 0 saturated heterocycles. The molecule has 3 rings (SSSR count). The van der Waals surface area contributed by atoms with Gasteiger partial charge in [-0.15, -0.1) is 0 Å². The highest BCUT2D eigenvalue weighted by atomic mass is 32.2. The Bertz CT molecular complexity index is 721. The van der Waals surface area contributed by atoms with Crippen molar-refractivity contribution >= 4 is 17.7 Å². The van der Waals surface area contributed by atoms with Crippen LogP contribution in [0.5, 0.6) is 0 Å². The molecule has 0 amide bonds. The summed E-state index contributed by atoms with van der Waals surface area (Å²) in [5.74, 6) is -1.23. The van der Waals surface area contributed by atoms with E-state index in [1.54, 1.807) is 18.7 Å². The molecule has 0 aromatic heterocycles. The van der Waals surface area contributed by atoms with Crippen molar-refractivity contribution in [2.75, 3.05) is 0 Å². The lowest BCUT2D eigenvalue weighted by Crippen LogP contribution is -2.07. The standard InChI is InChI=1S/C19H20O2S/c1-3-13-4-9-17-16(10-13)8-6-14-5-7-15(11-18(14)22-17)12(2)19(20)21/h4-5,7,9-12H,3,6,8H2,1-2H3,(H,20,21). The normalized spacial score (nSPS) is 14.6. The monoisotopic (exact) mass is 312 g/mol. The second kappa shape index (κ2) is 6.17. The van der Waals surface area contributed by atoms with Crippen LogP contribution in [0.15, 0.2) is 46.2 Å². The second-order valence-electron chi connectivity index (χ2n) is 5.82. The number of aliphatic carboxylic acids is 1. The van der Waals surface area contributed by atoms with Gasteiger partial charge in [-0.3, -0.25) is 4.79 Å². The number of carbonyl (C=O) groups is 1. The molecule has 0 fully saturated rings. The van der Waals surface area contributed by atoms with Gasteiger partial charge in [0.1, 0.15) is 0 Å². The molecule has 1 unspecified atom stereocenters. The van der Waals surface area contributed by atoms with Crippen molar-refractivity contribution in [1.29, 1.82) is 0 Å². The molecular weight excluding hydrogens is 292 g/mol. The summed E-state index contributed by atoms with van der Waals surface area (Å²) in [6.45, 7) is 3.92. The summed E-state index contributed by atoms with van der Waals surface area (Å²) in [7, 11) is 0. The molecule has 2 nitrogen and oxygen atoms in total. The molecule has 1 aliphatic rings. The van der Waals surface area contributed by atoms with Crippen LogP contribution in [0.3, 0.4) is 0 Å². The summed E-state index contributed by atoms with van der Waals surface area (Å²) < 4.78 is 0. The van der Waals surface area contributed by atoms with E-state index in [9.17, 15) is 9.90 Å². The van der Waals surface area contributed by atoms with Gasteiger partial charge >= 0.3 is 5.97 Å². The minimum Gasteiger partial charge on any atom is -0.481 e. The summed E-state index contributed by atoms with van der Waals surface area (Å²) in [5, 5.41) is 9.20. The van der Waals surface area contributed by atoms with Crippen LogP contribution in [0.4, 0.5) is 0 Å². The fourth-order valence-corrected chi connectivity index (χ4v) is 3.98. The van der Waals surface area contributed by atoms with Crippen LogP contribution in [0.2, 0.25) is 0 Å². The number of hydrogen-bond acceptors (Lipinski definition) is 2. The molecule has 22 heavy (non-hydrogen) atoms. The first kappa shape index (κ1) is 15.2. The smallest absolute Gasteiger partial charge is 0.310 e. The van der Waals surface area contributed by atoms with Crippen molar-refractivity contribution in [3.05, 3.63) is 58.7 Å². The number of fused-ring (bicyclic) bond motifs is 2. The Morgan fingerprint density at radius 1 is 1.14 bits per heavy atom. The van der Waals surface area contributed by atoms with E-state index in [0.29, 0.717) is 0 Å². The van der Waals surface area contributed by atoms with Gasteiger partial charge in [0.25, 0.3) is 0 Å². The lowest BCUT2D eigenvalue weighted by atomic mass is 9.97. The predicted molar refractivity (Wildman–Crippen MR) is 89.8 cm³/mol. The zero-order valence-electron chi connectivity index (χ0n) is 12.9. The number of carboxylic acids is 1. The van der Waals surface area contributed by atoms with Gasteiger partial charge in [-0.1, -0.05) is 43.0 Å². The Morgan fingerprint density at radius 2 is 1.91 bits per heavy atom. The fourth-order valence-electron chi connectivity index (χ4n) is 2.82. The van der Waals surface area contributed by atoms with Crippen molar-refractivity contribution < 1.29 is 9.90 Å². The lowest BCUT2D eigenvalue weighted by molar-refractivity contribution is -0.138. The number of aryl methyl sites for hydroxylation is 3. The molecule has 2 aromatic rings. The predicted octanol–water partition coefficient (Wildman–Crippen LogP) is 4.69. The second-order valence-corrected chi connectivity index (χ2v) is 6.91. The maximum atomic E-state index is 11.2. The van der Waals surface area contributed by atoms with E-state index in [4.69, 9.17) is 0 Å². The maximum Gasteiger partial charge on any atom is 0.310 e. The fraction of sp³-hybridized carbons (Fsp3) is 0.316. The van der Waals surface area contributed by atoms with E-state index in [-0.39, 0.29) is 0 Å². The quantitative estimate of drug-likeness (QED) is 0.893. The van der Waals surface area contributed by atoms with Crippen LogP contribution in [-0.2, 0) is 24.1 Å². The van der Waals surface area contributed by atoms with Crippen molar-refractivity contribution in [3.8, 4) is 0 Å². The zero-order valence-corrected chi connectivity index (χ0v) is 13.7. The van der Waals surface area contributed by atoms with Gasteiger partial charge in [-0.2, -0.15) is 0 Å². The average molecular weight is 312 g/mol. The van der Waals surface area contributed by atoms with Crippen molar-refractivity contribution in [2.45, 2.75) is 48.8 Å². The van der Waals surface area contributed by atoms with Crippen molar-refractivity contribution in [2.24, 2.45) is 0 Å². The molecule has 1 atom stereocenters. The first-order valence-electron chi connectivity index (χ1n) is 7.73. The molecule has 1 N–H and O–H groups in total. The largest absolute Gasteiger partial charge is 0.481 e. The lowest BCUT2D eigenvalue weighted by Gasteiger charge is -2.11. The molecule has 3 heteroatoms. The Hall–Kier alpha value is -1.74. The number of hydrogen-bond donors (Lipinski definition) is 1. The van der Waals surface area contributed by atoms with Gasteiger partial charge in [0.2, 0.25) is 0 Å². The van der Waals surface area contributed by atoms with Gasteiger partial charge in [0.15, 0.2) is 0 Å². The van der Waals surface area contributed by atoms with Crippen LogP contribution in [0, 0.1) is 0 Å². The molecule has 0 bridgehead atoms. The van der Waals surface area contributed by atoms with Gasteiger partial charge in [-0.05, 0) is 60.6 Å². The number of carboxylic acid groups (broad SMARTS) is 1. The van der Waals surface area contributed by atoms with E-state index in [0.717, 1.165) is 24.8 Å². The molecule has 1 heterocycles. The third-order valence-electron chi connectivity index (χ3n) is 4.38. The molecule has 114 valence electrons. The van der Waals surface area contributed by atoms with Gasteiger partial charge in [-0.25, -0.2) is 0 Å². The van der Waals surface area contributed by atoms with Crippen LogP contribution < -0.4 is 0 Å². The van der Waals surface area contributed by atoms with Crippen molar-refractivity contribution in [3.63, 3.8) is 0 Å². The first-order chi connectivity index (χ1) is 10.6. The molecule has 2 aromatic carbocycles. The number of rotatable bonds is 3. The molecule has 0 saturated carbocycles. The molecular formula is C19H20O2S. The van der Waals surface area contributed by atoms with Crippen LogP contribution in [-0.4, -0.2) is 11.1 Å². The summed E-state index contributed by atoms with van der Waals surface area (Å²) in [6, 6.07) is 12.8. The minimum absolute atomic E-state index is 0.462. The molecule has 0 spiro atoms. The first-order valence-corrected chi connectivity index (χ1v) is 8.55. The van der Waals surface area contributed by atoms with E-state index in [2.05, 4.69) is 37.3 Å². The summed E-state index contributed by atoms with van der Waals surface area (Å²) in [5.41, 5.74) is 4.99. The van der Waals surface area contributed by atoms with Crippen LogP contribution in [0.25, 0.3) is 0 Å². The Labute approximate surface area is 135 Å². The van der Waals surface area contributed by atoms with Gasteiger partial charge < -0.3 is 5.11 Å². The summed E-state index contributed by atoms with van der Waals surface area (Å²) in [6.07, 6.45) is 3.13. The van der Waals surface area contributed by atoms with E-state index >= 15 is 0 Å². The topological polar surface area (TPSA) is 37.3 Å². The van der Waals surface area contributed by atoms with E-state index in [1.165, 1.54) is 26.5 Å². The highest BCUT2D eigenvalue weighted by Gasteiger charge is 2.18. The average Bonchev–Trinajstić information content (AvgIpc) is 2.71. The number of benzene rings is 2. The van der Waals surface area contributed by atoms with E-state index in [1.807, 2.05) is 6.07 Å². The molecule has 1 aliphatic heterocycles.